The number of aliphatic hydroxyl groups is 2. The van der Waals surface area contributed by atoms with E-state index in [1.54, 1.807) is 6.92 Å². The van der Waals surface area contributed by atoms with Crippen molar-refractivity contribution < 1.29 is 19.7 Å². The van der Waals surface area contributed by atoms with Gasteiger partial charge in [0.2, 0.25) is 0 Å². The molecule has 0 heterocycles. The number of aromatic hydroxyl groups is 1. The van der Waals surface area contributed by atoms with Crippen molar-refractivity contribution in [3.05, 3.63) is 29.6 Å². The van der Waals surface area contributed by atoms with Gasteiger partial charge in [0.05, 0.1) is 12.7 Å². The van der Waals surface area contributed by atoms with E-state index in [1.165, 1.54) is 18.2 Å². The molecule has 1 aromatic carbocycles. The number of rotatable bonds is 5. The normalized spacial score (nSPS) is 14.8. The van der Waals surface area contributed by atoms with Crippen molar-refractivity contribution in [1.82, 2.24) is 0 Å². The third kappa shape index (κ3) is 3.47. The fourth-order valence-corrected chi connectivity index (χ4v) is 1.51. The number of halogens is 1. The highest BCUT2D eigenvalue weighted by Crippen LogP contribution is 2.21. The van der Waals surface area contributed by atoms with Gasteiger partial charge in [-0.15, -0.1) is 0 Å². The summed E-state index contributed by atoms with van der Waals surface area (Å²) < 4.78 is 12.9. The third-order valence-corrected chi connectivity index (χ3v) is 2.75. The number of hydrogen-bond acceptors (Lipinski definition) is 3. The summed E-state index contributed by atoms with van der Waals surface area (Å²) in [6.45, 7) is 1.52. The van der Waals surface area contributed by atoms with Gasteiger partial charge in [0.25, 0.3) is 0 Å². The third-order valence-electron chi connectivity index (χ3n) is 2.75. The molecule has 0 aliphatic rings. The zero-order chi connectivity index (χ0) is 12.1. The predicted octanol–water partition coefficient (Wildman–Crippen LogP) is 1.45. The molecule has 0 amide bonds. The van der Waals surface area contributed by atoms with Gasteiger partial charge in [-0.25, -0.2) is 4.39 Å². The highest BCUT2D eigenvalue weighted by molar-refractivity contribution is 5.32. The van der Waals surface area contributed by atoms with Crippen LogP contribution in [0.5, 0.6) is 5.75 Å². The summed E-state index contributed by atoms with van der Waals surface area (Å²) in [5.74, 6) is -0.414. The predicted molar refractivity (Wildman–Crippen MR) is 58.6 cm³/mol. The molecule has 90 valence electrons. The average Bonchev–Trinajstić information content (AvgIpc) is 2.28. The largest absolute Gasteiger partial charge is 0.508 e. The maximum atomic E-state index is 12.9. The quantitative estimate of drug-likeness (QED) is 0.715. The number of phenolic OH excluding ortho intramolecular Hbond substituents is 1. The molecule has 0 aromatic heterocycles. The van der Waals surface area contributed by atoms with Crippen LogP contribution in [0.25, 0.3) is 0 Å². The first kappa shape index (κ1) is 12.9. The molecular formula is C12H17FO3. The van der Waals surface area contributed by atoms with Crippen molar-refractivity contribution in [3.63, 3.8) is 0 Å². The molecule has 0 bridgehead atoms. The summed E-state index contributed by atoms with van der Waals surface area (Å²) in [6, 6.07) is 3.80. The Balaban J connectivity index is 2.57. The molecule has 1 aromatic rings. The van der Waals surface area contributed by atoms with Gasteiger partial charge in [-0.3, -0.25) is 0 Å². The van der Waals surface area contributed by atoms with Crippen LogP contribution in [-0.4, -0.2) is 28.0 Å². The summed E-state index contributed by atoms with van der Waals surface area (Å²) in [7, 11) is 0. The number of hydrogen-bond donors (Lipinski definition) is 3. The molecule has 4 heteroatoms. The molecule has 2 atom stereocenters. The maximum Gasteiger partial charge on any atom is 0.123 e. The first-order chi connectivity index (χ1) is 7.54. The fraction of sp³-hybridized carbons (Fsp3) is 0.500. The van der Waals surface area contributed by atoms with E-state index in [9.17, 15) is 14.6 Å². The van der Waals surface area contributed by atoms with Crippen molar-refractivity contribution in [2.24, 2.45) is 5.92 Å². The van der Waals surface area contributed by atoms with Crippen molar-refractivity contribution in [3.8, 4) is 5.75 Å². The van der Waals surface area contributed by atoms with Crippen LogP contribution in [0.4, 0.5) is 4.39 Å². The summed E-state index contributed by atoms with van der Waals surface area (Å²) in [6.07, 6.45) is 0.288. The number of aliphatic hydroxyl groups excluding tert-OH is 2. The molecule has 0 fully saturated rings. The van der Waals surface area contributed by atoms with Gasteiger partial charge < -0.3 is 15.3 Å². The van der Waals surface area contributed by atoms with E-state index in [1.807, 2.05) is 0 Å². The second kappa shape index (κ2) is 5.82. The van der Waals surface area contributed by atoms with E-state index in [0.717, 1.165) is 0 Å². The molecule has 3 nitrogen and oxygen atoms in total. The zero-order valence-corrected chi connectivity index (χ0v) is 9.23. The van der Waals surface area contributed by atoms with Crippen molar-refractivity contribution in [1.29, 1.82) is 0 Å². The van der Waals surface area contributed by atoms with Crippen LogP contribution in [0.1, 0.15) is 18.9 Å². The van der Waals surface area contributed by atoms with Gasteiger partial charge in [-0.05, 0) is 42.5 Å². The lowest BCUT2D eigenvalue weighted by molar-refractivity contribution is 0.0505. The molecule has 0 radical (unpaired) electrons. The molecular weight excluding hydrogens is 211 g/mol. The van der Waals surface area contributed by atoms with Crippen LogP contribution in [-0.2, 0) is 6.42 Å². The van der Waals surface area contributed by atoms with Crippen LogP contribution in [0, 0.1) is 11.7 Å². The second-order valence-electron chi connectivity index (χ2n) is 4.04. The first-order valence-corrected chi connectivity index (χ1v) is 5.31. The van der Waals surface area contributed by atoms with E-state index in [2.05, 4.69) is 0 Å². The Hall–Kier alpha value is -1.13. The zero-order valence-electron chi connectivity index (χ0n) is 9.23. The molecule has 1 rings (SSSR count). The van der Waals surface area contributed by atoms with Gasteiger partial charge in [-0.1, -0.05) is 6.92 Å². The van der Waals surface area contributed by atoms with Crippen LogP contribution in [0.2, 0.25) is 0 Å². The molecule has 0 saturated carbocycles. The number of benzene rings is 1. The highest BCUT2D eigenvalue weighted by atomic mass is 19.1. The van der Waals surface area contributed by atoms with Crippen molar-refractivity contribution in [2.45, 2.75) is 25.9 Å². The summed E-state index contributed by atoms with van der Waals surface area (Å²) in [5, 5.41) is 27.5. The van der Waals surface area contributed by atoms with Gasteiger partial charge in [0.15, 0.2) is 0 Å². The van der Waals surface area contributed by atoms with Crippen LogP contribution in [0.3, 0.4) is 0 Å². The lowest BCUT2D eigenvalue weighted by Gasteiger charge is -2.16. The standard InChI is InChI=1S/C12H17FO3/c1-8(12(16)7-14)2-3-9-6-10(13)4-5-11(9)15/h4-6,8,12,14-16H,2-3,7H2,1H3/t8?,12-/m1/s1. The maximum absolute atomic E-state index is 12.9. The first-order valence-electron chi connectivity index (χ1n) is 5.31. The Kier molecular flexibility index (Phi) is 4.71. The van der Waals surface area contributed by atoms with Gasteiger partial charge in [-0.2, -0.15) is 0 Å². The lowest BCUT2D eigenvalue weighted by Crippen LogP contribution is -2.22. The number of aryl methyl sites for hydroxylation is 1. The minimum Gasteiger partial charge on any atom is -0.508 e. The fourth-order valence-electron chi connectivity index (χ4n) is 1.51. The van der Waals surface area contributed by atoms with Crippen molar-refractivity contribution >= 4 is 0 Å². The van der Waals surface area contributed by atoms with E-state index in [-0.39, 0.29) is 24.1 Å². The van der Waals surface area contributed by atoms with E-state index in [0.29, 0.717) is 18.4 Å². The molecule has 16 heavy (non-hydrogen) atoms. The number of phenols is 1. The van der Waals surface area contributed by atoms with Gasteiger partial charge >= 0.3 is 0 Å². The summed E-state index contributed by atoms with van der Waals surface area (Å²) >= 11 is 0. The average molecular weight is 228 g/mol. The van der Waals surface area contributed by atoms with Crippen LogP contribution in [0.15, 0.2) is 18.2 Å². The molecule has 0 spiro atoms. The Labute approximate surface area is 94.2 Å². The molecule has 1 unspecified atom stereocenters. The smallest absolute Gasteiger partial charge is 0.123 e. The Morgan fingerprint density at radius 2 is 2.06 bits per heavy atom. The van der Waals surface area contributed by atoms with Crippen molar-refractivity contribution in [2.75, 3.05) is 6.61 Å². The lowest BCUT2D eigenvalue weighted by atomic mass is 9.96. The van der Waals surface area contributed by atoms with E-state index >= 15 is 0 Å². The van der Waals surface area contributed by atoms with Gasteiger partial charge in [0, 0.05) is 0 Å². The molecule has 0 saturated heterocycles. The van der Waals surface area contributed by atoms with E-state index in [4.69, 9.17) is 5.11 Å². The molecule has 0 aliphatic heterocycles. The molecule has 3 N–H and O–H groups in total. The highest BCUT2D eigenvalue weighted by Gasteiger charge is 2.13. The summed E-state index contributed by atoms with van der Waals surface area (Å²) in [4.78, 5) is 0. The minimum absolute atomic E-state index is 0.0621. The van der Waals surface area contributed by atoms with Gasteiger partial charge in [0.1, 0.15) is 11.6 Å². The Morgan fingerprint density at radius 1 is 1.38 bits per heavy atom. The minimum atomic E-state index is -0.768. The summed E-state index contributed by atoms with van der Waals surface area (Å²) in [5.41, 5.74) is 0.525. The van der Waals surface area contributed by atoms with E-state index < -0.39 is 6.10 Å². The SMILES string of the molecule is CC(CCc1cc(F)ccc1O)[C@H](O)CO. The molecule has 0 aliphatic carbocycles. The Morgan fingerprint density at radius 3 is 2.69 bits per heavy atom. The topological polar surface area (TPSA) is 60.7 Å². The second-order valence-corrected chi connectivity index (χ2v) is 4.04. The Bertz CT molecular complexity index is 341. The monoisotopic (exact) mass is 228 g/mol. The van der Waals surface area contributed by atoms with Crippen LogP contribution >= 0.6 is 0 Å². The van der Waals surface area contributed by atoms with Crippen LogP contribution < -0.4 is 0 Å².